The summed E-state index contributed by atoms with van der Waals surface area (Å²) in [5.74, 6) is 8.29. The third-order valence-corrected chi connectivity index (χ3v) is 6.26. The van der Waals surface area contributed by atoms with Crippen molar-refractivity contribution in [1.82, 2.24) is 0 Å². The van der Waals surface area contributed by atoms with Gasteiger partial charge in [0.25, 0.3) is 0 Å². The predicted octanol–water partition coefficient (Wildman–Crippen LogP) is 7.98. The van der Waals surface area contributed by atoms with Crippen LogP contribution in [-0.2, 0) is 0 Å². The molecule has 0 bridgehead atoms. The normalized spacial score (nSPS) is 18.4. The van der Waals surface area contributed by atoms with Gasteiger partial charge in [-0.3, -0.25) is 0 Å². The maximum absolute atomic E-state index is 4.67. The number of benzene rings is 2. The van der Waals surface area contributed by atoms with Crippen LogP contribution in [-0.4, -0.2) is 5.16 Å². The van der Waals surface area contributed by atoms with Crippen molar-refractivity contribution in [1.29, 1.82) is 0 Å². The molecule has 1 fully saturated rings. The summed E-state index contributed by atoms with van der Waals surface area (Å²) >= 11 is 4.67. The first-order valence-corrected chi connectivity index (χ1v) is 11.4. The standard InChI is InChI=1S/C27H31NS/c1-3-4-5-6-22-8-13-25(14-9-22)26-15-10-23(11-16-26)7-12-24-17-18-27(28-20-29)19-21(24)2/h10-11,15-19,22,25H,3-6,8-9,13-14H2,1-2H3. The molecule has 0 spiro atoms. The van der Waals surface area contributed by atoms with Gasteiger partial charge >= 0.3 is 0 Å². The lowest BCUT2D eigenvalue weighted by atomic mass is 9.77. The van der Waals surface area contributed by atoms with Crippen molar-refractivity contribution in [3.8, 4) is 11.8 Å². The highest BCUT2D eigenvalue weighted by molar-refractivity contribution is 7.78. The number of aliphatic imine (C=N–C) groups is 1. The average molecular weight is 402 g/mol. The molecular formula is C27H31NS. The van der Waals surface area contributed by atoms with Gasteiger partial charge < -0.3 is 0 Å². The van der Waals surface area contributed by atoms with Gasteiger partial charge in [-0.1, -0.05) is 56.6 Å². The Morgan fingerprint density at radius 3 is 2.38 bits per heavy atom. The van der Waals surface area contributed by atoms with Crippen molar-refractivity contribution in [3.63, 3.8) is 0 Å². The molecule has 29 heavy (non-hydrogen) atoms. The van der Waals surface area contributed by atoms with Gasteiger partial charge in [-0.15, -0.1) is 0 Å². The molecule has 0 saturated heterocycles. The number of thiocarbonyl (C=S) groups is 1. The smallest absolute Gasteiger partial charge is 0.0743 e. The van der Waals surface area contributed by atoms with Crippen LogP contribution in [0.4, 0.5) is 5.69 Å². The topological polar surface area (TPSA) is 12.4 Å². The Morgan fingerprint density at radius 2 is 1.72 bits per heavy atom. The fraction of sp³-hybridized carbons (Fsp3) is 0.444. The van der Waals surface area contributed by atoms with Crippen molar-refractivity contribution in [2.24, 2.45) is 10.9 Å². The first kappa shape index (κ1) is 21.5. The monoisotopic (exact) mass is 401 g/mol. The van der Waals surface area contributed by atoms with E-state index in [2.05, 4.69) is 65.4 Å². The Labute approximate surface area is 181 Å². The van der Waals surface area contributed by atoms with E-state index in [0.29, 0.717) is 0 Å². The number of nitrogens with zero attached hydrogens (tertiary/aromatic N) is 1. The summed E-state index contributed by atoms with van der Waals surface area (Å²) in [7, 11) is 0. The van der Waals surface area contributed by atoms with Gasteiger partial charge in [0.1, 0.15) is 0 Å². The second-order valence-corrected chi connectivity index (χ2v) is 8.47. The molecule has 150 valence electrons. The maximum atomic E-state index is 4.67. The molecule has 2 aromatic rings. The number of unbranched alkanes of at least 4 members (excludes halogenated alkanes) is 2. The molecule has 1 saturated carbocycles. The Balaban J connectivity index is 1.58. The highest BCUT2D eigenvalue weighted by atomic mass is 32.1. The highest BCUT2D eigenvalue weighted by Crippen LogP contribution is 2.37. The molecule has 2 aromatic carbocycles. The molecule has 1 aliphatic carbocycles. The summed E-state index contributed by atoms with van der Waals surface area (Å²) in [5, 5.41) is 2.41. The Bertz CT molecular complexity index is 902. The molecule has 2 heteroatoms. The van der Waals surface area contributed by atoms with E-state index in [4.69, 9.17) is 0 Å². The van der Waals surface area contributed by atoms with Gasteiger partial charge in [-0.05, 0) is 98.1 Å². The van der Waals surface area contributed by atoms with E-state index >= 15 is 0 Å². The van der Waals surface area contributed by atoms with Gasteiger partial charge in [0.05, 0.1) is 10.8 Å². The molecule has 1 nitrogen and oxygen atoms in total. The van der Waals surface area contributed by atoms with E-state index in [9.17, 15) is 0 Å². The van der Waals surface area contributed by atoms with Gasteiger partial charge in [-0.2, -0.15) is 4.99 Å². The lowest BCUT2D eigenvalue weighted by molar-refractivity contribution is 0.303. The molecule has 0 aromatic heterocycles. The van der Waals surface area contributed by atoms with Crippen molar-refractivity contribution in [2.45, 2.75) is 71.1 Å². The van der Waals surface area contributed by atoms with Crippen LogP contribution in [0.25, 0.3) is 0 Å². The van der Waals surface area contributed by atoms with Gasteiger partial charge in [0.2, 0.25) is 0 Å². The lowest BCUT2D eigenvalue weighted by Crippen LogP contribution is -2.13. The summed E-state index contributed by atoms with van der Waals surface area (Å²) < 4.78 is 0. The van der Waals surface area contributed by atoms with Crippen molar-refractivity contribution >= 4 is 23.1 Å². The first-order valence-electron chi connectivity index (χ1n) is 11.0. The lowest BCUT2D eigenvalue weighted by Gasteiger charge is -2.29. The third-order valence-electron chi connectivity index (χ3n) is 6.17. The summed E-state index contributed by atoms with van der Waals surface area (Å²) in [6.07, 6.45) is 11.1. The Kier molecular flexibility index (Phi) is 8.24. The molecular weight excluding hydrogens is 370 g/mol. The maximum Gasteiger partial charge on any atom is 0.0743 e. The molecule has 0 atom stereocenters. The molecule has 1 aliphatic rings. The molecule has 0 heterocycles. The summed E-state index contributed by atoms with van der Waals surface area (Å²) in [6, 6.07) is 14.8. The van der Waals surface area contributed by atoms with E-state index in [-0.39, 0.29) is 0 Å². The summed E-state index contributed by atoms with van der Waals surface area (Å²) in [6.45, 7) is 4.34. The van der Waals surface area contributed by atoms with Crippen LogP contribution in [0.1, 0.15) is 86.5 Å². The molecule has 0 unspecified atom stereocenters. The van der Waals surface area contributed by atoms with E-state index in [0.717, 1.165) is 34.2 Å². The number of rotatable bonds is 6. The Hall–Kier alpha value is -2.20. The zero-order valence-electron chi connectivity index (χ0n) is 17.7. The molecule has 0 radical (unpaired) electrons. The van der Waals surface area contributed by atoms with Crippen molar-refractivity contribution in [2.75, 3.05) is 0 Å². The number of isothiocyanates is 1. The second-order valence-electron chi connectivity index (χ2n) is 8.29. The average Bonchev–Trinajstić information content (AvgIpc) is 2.75. The zero-order valence-corrected chi connectivity index (χ0v) is 18.5. The van der Waals surface area contributed by atoms with Crippen molar-refractivity contribution in [3.05, 3.63) is 64.7 Å². The van der Waals surface area contributed by atoms with Crippen LogP contribution in [0.3, 0.4) is 0 Å². The van der Waals surface area contributed by atoms with Crippen LogP contribution < -0.4 is 0 Å². The minimum Gasteiger partial charge on any atom is -0.195 e. The van der Waals surface area contributed by atoms with Gasteiger partial charge in [0, 0.05) is 11.1 Å². The van der Waals surface area contributed by atoms with Crippen LogP contribution in [0.2, 0.25) is 0 Å². The van der Waals surface area contributed by atoms with Gasteiger partial charge in [-0.25, -0.2) is 0 Å². The van der Waals surface area contributed by atoms with E-state index in [1.807, 2.05) is 25.1 Å². The number of hydrogen-bond donors (Lipinski definition) is 0. The van der Waals surface area contributed by atoms with Crippen LogP contribution in [0.5, 0.6) is 0 Å². The van der Waals surface area contributed by atoms with E-state index in [1.54, 1.807) is 0 Å². The Morgan fingerprint density at radius 1 is 0.966 bits per heavy atom. The second kappa shape index (κ2) is 11.1. The highest BCUT2D eigenvalue weighted by Gasteiger charge is 2.21. The molecule has 3 rings (SSSR count). The molecule has 0 N–H and O–H groups in total. The molecule has 0 amide bonds. The zero-order chi connectivity index (χ0) is 20.5. The van der Waals surface area contributed by atoms with Crippen LogP contribution in [0, 0.1) is 24.7 Å². The number of hydrogen-bond acceptors (Lipinski definition) is 2. The first-order chi connectivity index (χ1) is 14.2. The SMILES string of the molecule is CCCCCC1CCC(c2ccc(C#Cc3ccc(N=C=S)cc3C)cc2)CC1. The summed E-state index contributed by atoms with van der Waals surface area (Å²) in [5.41, 5.74) is 5.52. The predicted molar refractivity (Wildman–Crippen MR) is 127 cm³/mol. The third kappa shape index (κ3) is 6.40. The fourth-order valence-electron chi connectivity index (χ4n) is 4.36. The fourth-order valence-corrected chi connectivity index (χ4v) is 4.46. The van der Waals surface area contributed by atoms with Crippen LogP contribution >= 0.6 is 12.2 Å². The minimum atomic E-state index is 0.732. The van der Waals surface area contributed by atoms with E-state index in [1.165, 1.54) is 56.9 Å². The quantitative estimate of drug-likeness (QED) is 0.207. The minimum absolute atomic E-state index is 0.732. The van der Waals surface area contributed by atoms with Crippen LogP contribution in [0.15, 0.2) is 47.5 Å². The molecule has 0 aliphatic heterocycles. The number of aryl methyl sites for hydroxylation is 1. The van der Waals surface area contributed by atoms with E-state index < -0.39 is 0 Å². The largest absolute Gasteiger partial charge is 0.195 e. The summed E-state index contributed by atoms with van der Waals surface area (Å²) in [4.78, 5) is 4.02. The van der Waals surface area contributed by atoms with Gasteiger partial charge in [0.15, 0.2) is 0 Å². The van der Waals surface area contributed by atoms with Crippen molar-refractivity contribution < 1.29 is 0 Å².